The molecule has 140 valence electrons. The van der Waals surface area contributed by atoms with Crippen LogP contribution in [0.3, 0.4) is 0 Å². The van der Waals surface area contributed by atoms with Crippen LogP contribution in [0, 0.1) is 6.92 Å². The maximum Gasteiger partial charge on any atom is 0.251 e. The summed E-state index contributed by atoms with van der Waals surface area (Å²) in [6.07, 6.45) is 0.979. The van der Waals surface area contributed by atoms with Crippen molar-refractivity contribution in [3.63, 3.8) is 0 Å². The quantitative estimate of drug-likeness (QED) is 0.812. The average molecular weight is 377 g/mol. The molecule has 1 unspecified atom stereocenters. The number of nitrogens with two attached hydrogens (primary N) is 1. The smallest absolute Gasteiger partial charge is 0.251 e. The number of hydrogen-bond donors (Lipinski definition) is 2. The minimum absolute atomic E-state index is 0. The van der Waals surface area contributed by atoms with Crippen LogP contribution in [0.15, 0.2) is 42.5 Å². The number of nitrogens with one attached hydrogen (secondary N) is 1. The van der Waals surface area contributed by atoms with Crippen LogP contribution in [0.2, 0.25) is 0 Å². The molecule has 1 aliphatic rings. The van der Waals surface area contributed by atoms with Crippen LogP contribution in [0.25, 0.3) is 0 Å². The molecular formula is C20H25ClN2O3. The molecule has 5 nitrogen and oxygen atoms in total. The van der Waals surface area contributed by atoms with E-state index in [0.29, 0.717) is 25.3 Å². The van der Waals surface area contributed by atoms with Crippen molar-refractivity contribution in [3.8, 4) is 5.75 Å². The van der Waals surface area contributed by atoms with Crippen molar-refractivity contribution in [1.29, 1.82) is 0 Å². The van der Waals surface area contributed by atoms with Crippen molar-refractivity contribution in [3.05, 3.63) is 64.7 Å². The lowest BCUT2D eigenvalue weighted by atomic mass is 10.1. The zero-order valence-electron chi connectivity index (χ0n) is 14.9. The Kier molecular flexibility index (Phi) is 7.45. The summed E-state index contributed by atoms with van der Waals surface area (Å²) < 4.78 is 11.4. The van der Waals surface area contributed by atoms with Gasteiger partial charge in [0.2, 0.25) is 0 Å². The van der Waals surface area contributed by atoms with E-state index in [2.05, 4.69) is 5.32 Å². The molecule has 0 bridgehead atoms. The third-order valence-corrected chi connectivity index (χ3v) is 4.30. The van der Waals surface area contributed by atoms with E-state index in [1.807, 2.05) is 37.3 Å². The van der Waals surface area contributed by atoms with Crippen molar-refractivity contribution < 1.29 is 14.3 Å². The van der Waals surface area contributed by atoms with E-state index in [1.165, 1.54) is 0 Å². The molecule has 0 spiro atoms. The molecule has 1 atom stereocenters. The summed E-state index contributed by atoms with van der Waals surface area (Å²) in [5.41, 5.74) is 9.30. The molecule has 26 heavy (non-hydrogen) atoms. The van der Waals surface area contributed by atoms with Gasteiger partial charge in [-0.1, -0.05) is 24.3 Å². The van der Waals surface area contributed by atoms with Gasteiger partial charge in [0.05, 0.1) is 13.2 Å². The van der Waals surface area contributed by atoms with Crippen molar-refractivity contribution in [2.45, 2.75) is 32.5 Å². The topological polar surface area (TPSA) is 73.6 Å². The van der Waals surface area contributed by atoms with E-state index >= 15 is 0 Å². The normalized spacial score (nSPS) is 16.0. The Balaban J connectivity index is 0.00000243. The summed E-state index contributed by atoms with van der Waals surface area (Å²) in [6.45, 7) is 4.27. The maximum absolute atomic E-state index is 12.3. The van der Waals surface area contributed by atoms with Crippen molar-refractivity contribution in [2.75, 3.05) is 13.2 Å². The minimum Gasteiger partial charge on any atom is -0.488 e. The minimum atomic E-state index is -0.112. The Bertz CT molecular complexity index is 728. The zero-order chi connectivity index (χ0) is 17.6. The van der Waals surface area contributed by atoms with Gasteiger partial charge in [-0.05, 0) is 36.2 Å². The summed E-state index contributed by atoms with van der Waals surface area (Å²) in [7, 11) is 0. The maximum atomic E-state index is 12.3. The highest BCUT2D eigenvalue weighted by Crippen LogP contribution is 2.24. The van der Waals surface area contributed by atoms with E-state index in [-0.39, 0.29) is 24.4 Å². The van der Waals surface area contributed by atoms with Gasteiger partial charge in [-0.15, -0.1) is 12.4 Å². The summed E-state index contributed by atoms with van der Waals surface area (Å²) in [4.78, 5) is 12.3. The third kappa shape index (κ3) is 5.21. The number of carbonyl (C=O) groups excluding carboxylic acids is 1. The lowest BCUT2D eigenvalue weighted by Gasteiger charge is -2.17. The van der Waals surface area contributed by atoms with Crippen LogP contribution in [0.5, 0.6) is 5.75 Å². The van der Waals surface area contributed by atoms with E-state index in [0.717, 1.165) is 35.5 Å². The van der Waals surface area contributed by atoms with Crippen LogP contribution in [0.1, 0.15) is 33.5 Å². The summed E-state index contributed by atoms with van der Waals surface area (Å²) in [5, 5.41) is 2.96. The second kappa shape index (κ2) is 9.57. The van der Waals surface area contributed by atoms with E-state index in [1.54, 1.807) is 12.1 Å². The van der Waals surface area contributed by atoms with Crippen molar-refractivity contribution >= 4 is 18.3 Å². The molecule has 3 N–H and O–H groups in total. The first kappa shape index (κ1) is 20.2. The second-order valence-corrected chi connectivity index (χ2v) is 6.30. The number of carbonyl (C=O) groups is 1. The lowest BCUT2D eigenvalue weighted by molar-refractivity contribution is 0.0950. The predicted molar refractivity (Wildman–Crippen MR) is 104 cm³/mol. The van der Waals surface area contributed by atoms with Crippen LogP contribution in [0.4, 0.5) is 0 Å². The first-order valence-corrected chi connectivity index (χ1v) is 8.57. The second-order valence-electron chi connectivity index (χ2n) is 6.30. The average Bonchev–Trinajstić information content (AvgIpc) is 3.14. The Morgan fingerprint density at radius 2 is 2.04 bits per heavy atom. The molecular weight excluding hydrogens is 352 g/mol. The van der Waals surface area contributed by atoms with Crippen LogP contribution in [-0.4, -0.2) is 25.2 Å². The monoisotopic (exact) mass is 376 g/mol. The number of rotatable bonds is 6. The van der Waals surface area contributed by atoms with Gasteiger partial charge in [-0.2, -0.15) is 0 Å². The number of aryl methyl sites for hydroxylation is 1. The standard InChI is InChI=1S/C20H24N2O3.ClH/c1-14-2-5-17(19(10-14)25-18-8-9-24-13-18)12-22-20(23)16-6-3-15(11-21)4-7-16;/h2-7,10,18H,8-9,11-13,21H2,1H3,(H,22,23);1H. The molecule has 1 heterocycles. The molecule has 0 radical (unpaired) electrons. The zero-order valence-corrected chi connectivity index (χ0v) is 15.7. The molecule has 1 saturated heterocycles. The SMILES string of the molecule is Cc1ccc(CNC(=O)c2ccc(CN)cc2)c(OC2CCOC2)c1.Cl. The lowest BCUT2D eigenvalue weighted by Crippen LogP contribution is -2.24. The molecule has 1 aliphatic heterocycles. The molecule has 0 saturated carbocycles. The number of benzene rings is 2. The summed E-state index contributed by atoms with van der Waals surface area (Å²) in [5.74, 6) is 0.702. The Morgan fingerprint density at radius 1 is 1.27 bits per heavy atom. The largest absolute Gasteiger partial charge is 0.488 e. The Hall–Kier alpha value is -2.08. The van der Waals surface area contributed by atoms with Crippen molar-refractivity contribution in [1.82, 2.24) is 5.32 Å². The summed E-state index contributed by atoms with van der Waals surface area (Å²) >= 11 is 0. The van der Waals surface area contributed by atoms with Gasteiger partial charge in [-0.25, -0.2) is 0 Å². The molecule has 3 rings (SSSR count). The highest BCUT2D eigenvalue weighted by Gasteiger charge is 2.19. The molecule has 1 amide bonds. The van der Waals surface area contributed by atoms with Gasteiger partial charge < -0.3 is 20.5 Å². The fraction of sp³-hybridized carbons (Fsp3) is 0.350. The van der Waals surface area contributed by atoms with E-state index in [4.69, 9.17) is 15.2 Å². The van der Waals surface area contributed by atoms with Crippen molar-refractivity contribution in [2.24, 2.45) is 5.73 Å². The highest BCUT2D eigenvalue weighted by molar-refractivity contribution is 5.94. The molecule has 0 aliphatic carbocycles. The van der Waals surface area contributed by atoms with Gasteiger partial charge in [0.25, 0.3) is 5.91 Å². The van der Waals surface area contributed by atoms with Gasteiger partial charge >= 0.3 is 0 Å². The van der Waals surface area contributed by atoms with Gasteiger partial charge in [0.15, 0.2) is 0 Å². The third-order valence-electron chi connectivity index (χ3n) is 4.30. The molecule has 1 fully saturated rings. The molecule has 0 aromatic heterocycles. The first-order valence-electron chi connectivity index (χ1n) is 8.57. The summed E-state index contributed by atoms with van der Waals surface area (Å²) in [6, 6.07) is 13.4. The fourth-order valence-electron chi connectivity index (χ4n) is 2.77. The van der Waals surface area contributed by atoms with E-state index in [9.17, 15) is 4.79 Å². The highest BCUT2D eigenvalue weighted by atomic mass is 35.5. The van der Waals surface area contributed by atoms with Gasteiger partial charge in [0, 0.05) is 30.6 Å². The number of hydrogen-bond acceptors (Lipinski definition) is 4. The Labute approximate surface area is 160 Å². The number of ether oxygens (including phenoxy) is 2. The molecule has 2 aromatic rings. The first-order chi connectivity index (χ1) is 12.2. The fourth-order valence-corrected chi connectivity index (χ4v) is 2.77. The number of halogens is 1. The molecule has 6 heteroatoms. The van der Waals surface area contributed by atoms with Crippen LogP contribution in [-0.2, 0) is 17.8 Å². The van der Waals surface area contributed by atoms with Crippen LogP contribution < -0.4 is 15.8 Å². The van der Waals surface area contributed by atoms with E-state index < -0.39 is 0 Å². The Morgan fingerprint density at radius 3 is 2.69 bits per heavy atom. The van der Waals surface area contributed by atoms with Crippen LogP contribution >= 0.6 is 12.4 Å². The number of amides is 1. The molecule has 2 aromatic carbocycles. The van der Waals surface area contributed by atoms with Gasteiger partial charge in [-0.3, -0.25) is 4.79 Å². The van der Waals surface area contributed by atoms with Gasteiger partial charge in [0.1, 0.15) is 11.9 Å². The predicted octanol–water partition coefficient (Wildman–Crippen LogP) is 2.97.